The summed E-state index contributed by atoms with van der Waals surface area (Å²) < 4.78 is 23.5. The van der Waals surface area contributed by atoms with Crippen LogP contribution in [0, 0.1) is 0 Å². The minimum absolute atomic E-state index is 0.114. The van der Waals surface area contributed by atoms with Gasteiger partial charge in [0.05, 0.1) is 5.25 Å². The quantitative estimate of drug-likeness (QED) is 0.936. The molecule has 0 spiro atoms. The second kappa shape index (κ2) is 6.28. The lowest BCUT2D eigenvalue weighted by molar-refractivity contribution is 0.0925. The van der Waals surface area contributed by atoms with Crippen molar-refractivity contribution in [2.45, 2.75) is 37.0 Å². The van der Waals surface area contributed by atoms with Gasteiger partial charge in [-0.2, -0.15) is 0 Å². The average Bonchev–Trinajstić information content (AvgIpc) is 2.53. The molecule has 0 aliphatic heterocycles. The van der Waals surface area contributed by atoms with Crippen molar-refractivity contribution in [2.75, 3.05) is 6.26 Å². The van der Waals surface area contributed by atoms with Crippen molar-refractivity contribution in [3.63, 3.8) is 0 Å². The van der Waals surface area contributed by atoms with E-state index in [1.807, 2.05) is 30.3 Å². The molecule has 0 saturated heterocycles. The minimum Gasteiger partial charge on any atom is -0.348 e. The number of pyridine rings is 1. The molecule has 0 bridgehead atoms. The Bertz CT molecular complexity index is 827. The van der Waals surface area contributed by atoms with E-state index < -0.39 is 9.84 Å². The fourth-order valence-electron chi connectivity index (χ4n) is 3.22. The van der Waals surface area contributed by atoms with Crippen LogP contribution in [0.25, 0.3) is 10.8 Å². The Morgan fingerprint density at radius 2 is 2.00 bits per heavy atom. The molecule has 1 amide bonds. The molecule has 1 aromatic carbocycles. The molecule has 1 aromatic heterocycles. The third kappa shape index (κ3) is 3.52. The van der Waals surface area contributed by atoms with Crippen LogP contribution >= 0.6 is 0 Å². The van der Waals surface area contributed by atoms with E-state index in [9.17, 15) is 13.2 Å². The molecule has 23 heavy (non-hydrogen) atoms. The number of nitrogens with zero attached hydrogens (tertiary/aromatic N) is 1. The predicted octanol–water partition coefficient (Wildman–Crippen LogP) is 2.32. The van der Waals surface area contributed by atoms with Gasteiger partial charge in [0, 0.05) is 23.9 Å². The van der Waals surface area contributed by atoms with E-state index in [1.54, 1.807) is 6.20 Å². The first-order valence-corrected chi connectivity index (χ1v) is 9.74. The Morgan fingerprint density at radius 1 is 1.22 bits per heavy atom. The number of benzene rings is 1. The summed E-state index contributed by atoms with van der Waals surface area (Å²) in [6.45, 7) is 0. The Kier molecular flexibility index (Phi) is 4.35. The maximum absolute atomic E-state index is 12.6. The van der Waals surface area contributed by atoms with Crippen molar-refractivity contribution in [1.82, 2.24) is 10.3 Å². The van der Waals surface area contributed by atoms with E-state index in [4.69, 9.17) is 0 Å². The average molecular weight is 332 g/mol. The molecule has 1 aliphatic carbocycles. The molecule has 1 saturated carbocycles. The molecule has 1 heterocycles. The summed E-state index contributed by atoms with van der Waals surface area (Å²) >= 11 is 0. The number of rotatable bonds is 3. The fraction of sp³-hybridized carbons (Fsp3) is 0.412. The highest BCUT2D eigenvalue weighted by atomic mass is 32.2. The van der Waals surface area contributed by atoms with Gasteiger partial charge in [0.1, 0.15) is 15.5 Å². The molecule has 1 N–H and O–H groups in total. The fourth-order valence-corrected chi connectivity index (χ4v) is 4.40. The van der Waals surface area contributed by atoms with E-state index in [2.05, 4.69) is 10.3 Å². The van der Waals surface area contributed by atoms with Crippen LogP contribution in [0.3, 0.4) is 0 Å². The highest BCUT2D eigenvalue weighted by Crippen LogP contribution is 2.24. The molecule has 5 nitrogen and oxygen atoms in total. The van der Waals surface area contributed by atoms with Gasteiger partial charge in [0.15, 0.2) is 0 Å². The third-order valence-electron chi connectivity index (χ3n) is 4.46. The predicted molar refractivity (Wildman–Crippen MR) is 90.1 cm³/mol. The summed E-state index contributed by atoms with van der Waals surface area (Å²) in [6.07, 6.45) is 5.67. The third-order valence-corrected chi connectivity index (χ3v) is 6.09. The van der Waals surface area contributed by atoms with Crippen molar-refractivity contribution in [2.24, 2.45) is 0 Å². The Morgan fingerprint density at radius 3 is 2.78 bits per heavy atom. The second-order valence-corrected chi connectivity index (χ2v) is 8.49. The molecule has 122 valence electrons. The van der Waals surface area contributed by atoms with Gasteiger partial charge in [-0.3, -0.25) is 9.78 Å². The topological polar surface area (TPSA) is 76.1 Å². The number of carbonyl (C=O) groups excluding carboxylic acids is 1. The van der Waals surface area contributed by atoms with Gasteiger partial charge >= 0.3 is 0 Å². The van der Waals surface area contributed by atoms with E-state index in [1.165, 1.54) is 6.26 Å². The van der Waals surface area contributed by atoms with Crippen LogP contribution in [-0.4, -0.2) is 36.9 Å². The summed E-state index contributed by atoms with van der Waals surface area (Å²) in [4.78, 5) is 16.8. The Balaban J connectivity index is 1.78. The first-order chi connectivity index (χ1) is 10.9. The lowest BCUT2D eigenvalue weighted by Crippen LogP contribution is -2.42. The summed E-state index contributed by atoms with van der Waals surface area (Å²) in [5.41, 5.74) is 0.393. The molecular formula is C17H20N2O3S. The van der Waals surface area contributed by atoms with Gasteiger partial charge in [-0.05, 0) is 30.7 Å². The lowest BCUT2D eigenvalue weighted by atomic mass is 9.94. The van der Waals surface area contributed by atoms with Crippen LogP contribution in [0.4, 0.5) is 0 Å². The smallest absolute Gasteiger partial charge is 0.270 e. The summed E-state index contributed by atoms with van der Waals surface area (Å²) in [5, 5.41) is 4.38. The number of carbonyl (C=O) groups is 1. The number of fused-ring (bicyclic) bond motifs is 1. The molecule has 1 aliphatic rings. The zero-order valence-corrected chi connectivity index (χ0v) is 13.8. The standard InChI is InChI=1S/C17H20N2O3S/c1-23(21,22)14-7-4-6-13(11-14)19-17(20)16-15-8-3-2-5-12(15)9-10-18-16/h2-3,5,8-10,13-14H,4,6-7,11H2,1H3,(H,19,20)/t13-,14-/m0/s1. The van der Waals surface area contributed by atoms with Crippen LogP contribution in [0.5, 0.6) is 0 Å². The zero-order chi connectivity index (χ0) is 16.4. The summed E-state index contributed by atoms with van der Waals surface area (Å²) in [7, 11) is -3.06. The number of aromatic nitrogens is 1. The van der Waals surface area contributed by atoms with Crippen LogP contribution in [0.2, 0.25) is 0 Å². The van der Waals surface area contributed by atoms with Crippen LogP contribution in [0.15, 0.2) is 36.5 Å². The zero-order valence-electron chi connectivity index (χ0n) is 13.0. The minimum atomic E-state index is -3.06. The molecule has 0 unspecified atom stereocenters. The SMILES string of the molecule is CS(=O)(=O)[C@H]1CCC[C@H](NC(=O)c2nccc3ccccc23)C1. The van der Waals surface area contributed by atoms with Crippen molar-refractivity contribution >= 4 is 26.5 Å². The molecule has 2 atom stereocenters. The lowest BCUT2D eigenvalue weighted by Gasteiger charge is -2.28. The Hall–Kier alpha value is -1.95. The molecular weight excluding hydrogens is 312 g/mol. The highest BCUT2D eigenvalue weighted by Gasteiger charge is 2.30. The first kappa shape index (κ1) is 15.9. The molecule has 2 aromatic rings. The molecule has 6 heteroatoms. The van der Waals surface area contributed by atoms with Crippen LogP contribution in [-0.2, 0) is 9.84 Å². The van der Waals surface area contributed by atoms with E-state index in [-0.39, 0.29) is 17.2 Å². The highest BCUT2D eigenvalue weighted by molar-refractivity contribution is 7.91. The summed E-state index contributed by atoms with van der Waals surface area (Å²) in [6, 6.07) is 9.36. The van der Waals surface area contributed by atoms with Crippen molar-refractivity contribution < 1.29 is 13.2 Å². The number of hydrogen-bond donors (Lipinski definition) is 1. The van der Waals surface area contributed by atoms with Gasteiger partial charge in [-0.15, -0.1) is 0 Å². The van der Waals surface area contributed by atoms with Gasteiger partial charge in [0.25, 0.3) is 5.91 Å². The Labute approximate surface area is 136 Å². The number of nitrogens with one attached hydrogen (secondary N) is 1. The maximum Gasteiger partial charge on any atom is 0.270 e. The second-order valence-electron chi connectivity index (χ2n) is 6.17. The monoisotopic (exact) mass is 332 g/mol. The van der Waals surface area contributed by atoms with Gasteiger partial charge in [-0.25, -0.2) is 8.42 Å². The summed E-state index contributed by atoms with van der Waals surface area (Å²) in [5.74, 6) is -0.235. The van der Waals surface area contributed by atoms with Crippen molar-refractivity contribution in [3.8, 4) is 0 Å². The number of hydrogen-bond acceptors (Lipinski definition) is 4. The van der Waals surface area contributed by atoms with Crippen molar-refractivity contribution in [1.29, 1.82) is 0 Å². The molecule has 0 radical (unpaired) electrons. The number of sulfone groups is 1. The normalized spacial score (nSPS) is 22.0. The van der Waals surface area contributed by atoms with E-state index in [0.29, 0.717) is 18.5 Å². The van der Waals surface area contributed by atoms with Gasteiger partial charge in [0.2, 0.25) is 0 Å². The molecule has 1 fully saturated rings. The van der Waals surface area contributed by atoms with E-state index >= 15 is 0 Å². The molecule has 3 rings (SSSR count). The maximum atomic E-state index is 12.6. The van der Waals surface area contributed by atoms with Crippen molar-refractivity contribution in [3.05, 3.63) is 42.2 Å². The van der Waals surface area contributed by atoms with Gasteiger partial charge < -0.3 is 5.32 Å². The first-order valence-electron chi connectivity index (χ1n) is 7.78. The largest absolute Gasteiger partial charge is 0.348 e. The van der Waals surface area contributed by atoms with Crippen LogP contribution < -0.4 is 5.32 Å². The van der Waals surface area contributed by atoms with Gasteiger partial charge in [-0.1, -0.05) is 30.7 Å². The number of amides is 1. The van der Waals surface area contributed by atoms with E-state index in [0.717, 1.165) is 23.6 Å². The van der Waals surface area contributed by atoms with Crippen LogP contribution in [0.1, 0.15) is 36.2 Å².